The highest BCUT2D eigenvalue weighted by atomic mass is 79.9. The number of rotatable bonds is 2. The van der Waals surface area contributed by atoms with Crippen LogP contribution in [-0.2, 0) is 6.42 Å². The lowest BCUT2D eigenvalue weighted by atomic mass is 10.1. The fourth-order valence-corrected chi connectivity index (χ4v) is 2.76. The predicted octanol–water partition coefficient (Wildman–Crippen LogP) is 5.65. The lowest BCUT2D eigenvalue weighted by Gasteiger charge is -2.08. The van der Waals surface area contributed by atoms with E-state index in [1.165, 1.54) is 0 Å². The summed E-state index contributed by atoms with van der Waals surface area (Å²) >= 11 is 14.9. The van der Waals surface area contributed by atoms with Gasteiger partial charge in [0.15, 0.2) is 0 Å². The summed E-state index contributed by atoms with van der Waals surface area (Å²) in [5.74, 6) is 0. The third kappa shape index (κ3) is 2.85. The number of hydrogen-bond donors (Lipinski definition) is 1. The van der Waals surface area contributed by atoms with Gasteiger partial charge in [0.05, 0.1) is 4.51 Å². The van der Waals surface area contributed by atoms with Crippen LogP contribution in [0, 0.1) is 11.4 Å². The molecule has 1 N–H and O–H groups in total. The van der Waals surface area contributed by atoms with Gasteiger partial charge in [0, 0.05) is 26.1 Å². The van der Waals surface area contributed by atoms with E-state index in [9.17, 15) is 0 Å². The molecule has 4 heteroatoms. The highest BCUT2D eigenvalue weighted by Gasteiger charge is 2.05. The van der Waals surface area contributed by atoms with Crippen LogP contribution in [0.5, 0.6) is 0 Å². The van der Waals surface area contributed by atoms with Crippen LogP contribution in [-0.4, -0.2) is 4.98 Å². The van der Waals surface area contributed by atoms with E-state index in [2.05, 4.69) is 20.9 Å². The molecule has 2 aromatic rings. The van der Waals surface area contributed by atoms with Crippen molar-refractivity contribution in [1.82, 2.24) is 4.98 Å². The molecule has 1 aromatic heterocycles. The Hall–Kier alpha value is -0.640. The van der Waals surface area contributed by atoms with Crippen molar-refractivity contribution in [1.29, 1.82) is 0 Å². The normalized spacial score (nSPS) is 12.1. The Morgan fingerprint density at radius 1 is 1.50 bits per heavy atom. The van der Waals surface area contributed by atoms with Crippen LogP contribution in [0.3, 0.4) is 0 Å². The molecule has 1 nitrogen and oxygen atoms in total. The van der Waals surface area contributed by atoms with Crippen molar-refractivity contribution in [2.24, 2.45) is 0 Å². The molecule has 0 aliphatic carbocycles. The fraction of sp³-hybridized carbons (Fsp3) is 0.214. The summed E-state index contributed by atoms with van der Waals surface area (Å²) in [5.41, 5.74) is 3.30. The minimum absolute atomic E-state index is 0.763. The van der Waals surface area contributed by atoms with Gasteiger partial charge in [-0.25, -0.2) is 0 Å². The standard InChI is InChI=1S/C14H13BrClNS/c1-8(16)3-5-11-9(2)17-13-6-4-10(15)7-12(13)14(11)18/h3-4,6-7H,5H2,1-2H3,(H,17,18)/b8-3-. The van der Waals surface area contributed by atoms with E-state index in [1.54, 1.807) is 0 Å². The Labute approximate surface area is 125 Å². The Morgan fingerprint density at radius 3 is 2.89 bits per heavy atom. The van der Waals surface area contributed by atoms with Gasteiger partial charge in [-0.1, -0.05) is 45.8 Å². The molecule has 1 aromatic carbocycles. The average Bonchev–Trinajstić information content (AvgIpc) is 2.30. The molecule has 0 spiro atoms. The molecular formula is C14H13BrClNS. The highest BCUT2D eigenvalue weighted by molar-refractivity contribution is 9.10. The van der Waals surface area contributed by atoms with E-state index in [0.717, 1.165) is 42.6 Å². The van der Waals surface area contributed by atoms with Crippen LogP contribution < -0.4 is 0 Å². The monoisotopic (exact) mass is 341 g/mol. The van der Waals surface area contributed by atoms with Crippen molar-refractivity contribution in [3.05, 3.63) is 49.5 Å². The number of H-pyrrole nitrogens is 1. The number of allylic oxidation sites excluding steroid dienone is 2. The molecule has 0 saturated heterocycles. The lowest BCUT2D eigenvalue weighted by molar-refractivity contribution is 1.12. The number of hydrogen-bond acceptors (Lipinski definition) is 1. The predicted molar refractivity (Wildman–Crippen MR) is 84.9 cm³/mol. The number of aromatic amines is 1. The summed E-state index contributed by atoms with van der Waals surface area (Å²) in [5, 5.41) is 1.86. The molecule has 0 bridgehead atoms. The van der Waals surface area contributed by atoms with Crippen molar-refractivity contribution in [3.8, 4) is 0 Å². The molecule has 0 aliphatic heterocycles. The average molecular weight is 343 g/mol. The number of nitrogens with one attached hydrogen (secondary N) is 1. The van der Waals surface area contributed by atoms with Crippen LogP contribution in [0.25, 0.3) is 10.9 Å². The Balaban J connectivity index is 2.67. The molecule has 0 unspecified atom stereocenters. The SMILES string of the molecule is C/C(Cl)=C/Cc1c(C)[nH]c2ccc(Br)cc2c1=S. The fourth-order valence-electron chi connectivity index (χ4n) is 1.91. The summed E-state index contributed by atoms with van der Waals surface area (Å²) in [6.45, 7) is 3.92. The first-order valence-corrected chi connectivity index (χ1v) is 7.20. The first-order valence-electron chi connectivity index (χ1n) is 5.62. The number of fused-ring (bicyclic) bond motifs is 1. The molecule has 2 rings (SSSR count). The van der Waals surface area contributed by atoms with Crippen molar-refractivity contribution in [2.45, 2.75) is 20.3 Å². The van der Waals surface area contributed by atoms with E-state index >= 15 is 0 Å². The van der Waals surface area contributed by atoms with Crippen LogP contribution in [0.4, 0.5) is 0 Å². The van der Waals surface area contributed by atoms with E-state index in [0.29, 0.717) is 0 Å². The van der Waals surface area contributed by atoms with Crippen molar-refractivity contribution in [2.75, 3.05) is 0 Å². The van der Waals surface area contributed by atoms with Crippen LogP contribution in [0.1, 0.15) is 18.2 Å². The molecule has 18 heavy (non-hydrogen) atoms. The second-order valence-electron chi connectivity index (χ2n) is 4.24. The molecule has 0 amide bonds. The van der Waals surface area contributed by atoms with E-state index in [4.69, 9.17) is 23.8 Å². The van der Waals surface area contributed by atoms with Crippen LogP contribution in [0.2, 0.25) is 0 Å². The number of aromatic nitrogens is 1. The number of benzene rings is 1. The van der Waals surface area contributed by atoms with E-state index in [-0.39, 0.29) is 0 Å². The number of halogens is 2. The van der Waals surface area contributed by atoms with Gasteiger partial charge in [-0.3, -0.25) is 0 Å². The van der Waals surface area contributed by atoms with Crippen LogP contribution in [0.15, 0.2) is 33.8 Å². The summed E-state index contributed by atoms with van der Waals surface area (Å²) in [6.07, 6.45) is 2.75. The third-order valence-electron chi connectivity index (χ3n) is 2.86. The molecule has 94 valence electrons. The first-order chi connectivity index (χ1) is 8.49. The van der Waals surface area contributed by atoms with Crippen LogP contribution >= 0.6 is 39.7 Å². The number of pyridine rings is 1. The lowest BCUT2D eigenvalue weighted by Crippen LogP contribution is -1.95. The summed E-state index contributed by atoms with van der Waals surface area (Å²) < 4.78 is 1.94. The van der Waals surface area contributed by atoms with E-state index < -0.39 is 0 Å². The van der Waals surface area contributed by atoms with E-state index in [1.807, 2.05) is 38.1 Å². The van der Waals surface area contributed by atoms with Gasteiger partial charge in [0.2, 0.25) is 0 Å². The molecule has 1 heterocycles. The van der Waals surface area contributed by atoms with Crippen molar-refractivity contribution >= 4 is 50.7 Å². The smallest absolute Gasteiger partial charge is 0.0523 e. The maximum atomic E-state index is 5.89. The maximum Gasteiger partial charge on any atom is 0.0523 e. The van der Waals surface area contributed by atoms with Gasteiger partial charge in [0.1, 0.15) is 0 Å². The van der Waals surface area contributed by atoms with Gasteiger partial charge in [-0.05, 0) is 44.0 Å². The zero-order valence-electron chi connectivity index (χ0n) is 10.2. The first kappa shape index (κ1) is 13.8. The zero-order chi connectivity index (χ0) is 13.3. The molecule has 0 radical (unpaired) electrons. The summed E-state index contributed by atoms with van der Waals surface area (Å²) in [7, 11) is 0. The van der Waals surface area contributed by atoms with Gasteiger partial charge in [0.25, 0.3) is 0 Å². The Bertz CT molecular complexity index is 684. The largest absolute Gasteiger partial charge is 0.358 e. The molecule has 0 aliphatic rings. The Morgan fingerprint density at radius 2 is 2.22 bits per heavy atom. The van der Waals surface area contributed by atoms with Gasteiger partial charge in [-0.2, -0.15) is 0 Å². The van der Waals surface area contributed by atoms with Crippen molar-refractivity contribution in [3.63, 3.8) is 0 Å². The number of aryl methyl sites for hydroxylation is 1. The van der Waals surface area contributed by atoms with Gasteiger partial charge >= 0.3 is 0 Å². The molecular weight excluding hydrogens is 330 g/mol. The minimum Gasteiger partial charge on any atom is -0.358 e. The maximum absolute atomic E-state index is 5.89. The summed E-state index contributed by atoms with van der Waals surface area (Å²) in [6, 6.07) is 6.10. The molecule has 0 saturated carbocycles. The van der Waals surface area contributed by atoms with Crippen molar-refractivity contribution < 1.29 is 0 Å². The summed E-state index contributed by atoms with van der Waals surface area (Å²) in [4.78, 5) is 3.39. The van der Waals surface area contributed by atoms with Gasteiger partial charge < -0.3 is 4.98 Å². The molecule has 0 atom stereocenters. The quantitative estimate of drug-likeness (QED) is 0.697. The topological polar surface area (TPSA) is 15.8 Å². The molecule has 0 fully saturated rings. The second-order valence-corrected chi connectivity index (χ2v) is 6.16. The third-order valence-corrected chi connectivity index (χ3v) is 3.98. The highest BCUT2D eigenvalue weighted by Crippen LogP contribution is 2.24. The second kappa shape index (κ2) is 5.55. The van der Waals surface area contributed by atoms with Gasteiger partial charge in [-0.15, -0.1) is 0 Å². The Kier molecular flexibility index (Phi) is 4.25. The minimum atomic E-state index is 0.763. The zero-order valence-corrected chi connectivity index (χ0v) is 13.3.